The standard InChI is InChI=1S/C29H31ClN4O2S.2ClH/c1-3-36-25-13-8-19(24-17-32-14-15-33-24)16-20(25)18-34(22-11-9-21(31-2)10-12-22)29(35)28-27(30)23-6-4-5-7-26(23)37-28;;/h4-8,13-17,21-22,31H,3,9-12,18H2,1-2H3;2*1H. The van der Waals surface area contributed by atoms with E-state index in [1.165, 1.54) is 11.3 Å². The number of nitrogens with zero attached hydrogens (tertiary/aromatic N) is 3. The number of thiophene rings is 1. The molecule has 39 heavy (non-hydrogen) atoms. The first-order valence-corrected chi connectivity index (χ1v) is 14.0. The molecule has 1 fully saturated rings. The molecule has 0 unspecified atom stereocenters. The maximum atomic E-state index is 14.2. The van der Waals surface area contributed by atoms with Crippen LogP contribution in [0.2, 0.25) is 5.02 Å². The fourth-order valence-corrected chi connectivity index (χ4v) is 6.58. The third kappa shape index (κ3) is 6.84. The molecule has 2 aromatic heterocycles. The zero-order chi connectivity index (χ0) is 25.8. The topological polar surface area (TPSA) is 67.4 Å². The Balaban J connectivity index is 0.00000210. The number of hydrogen-bond donors (Lipinski definition) is 1. The van der Waals surface area contributed by atoms with Crippen molar-refractivity contribution in [3.8, 4) is 17.0 Å². The van der Waals surface area contributed by atoms with E-state index >= 15 is 0 Å². The first-order valence-electron chi connectivity index (χ1n) is 12.8. The molecular weight excluding hydrogens is 575 g/mol. The van der Waals surface area contributed by atoms with Crippen LogP contribution in [0, 0.1) is 0 Å². The van der Waals surface area contributed by atoms with E-state index in [1.54, 1.807) is 18.6 Å². The van der Waals surface area contributed by atoms with Crippen LogP contribution in [-0.2, 0) is 6.54 Å². The molecule has 0 spiro atoms. The number of rotatable bonds is 8. The van der Waals surface area contributed by atoms with Crippen LogP contribution in [0.15, 0.2) is 61.1 Å². The Hall–Kier alpha value is -2.42. The lowest BCUT2D eigenvalue weighted by atomic mass is 9.89. The van der Waals surface area contributed by atoms with Gasteiger partial charge in [-0.25, -0.2) is 0 Å². The van der Waals surface area contributed by atoms with Crippen LogP contribution >= 0.6 is 47.8 Å². The van der Waals surface area contributed by atoms with E-state index in [-0.39, 0.29) is 36.8 Å². The van der Waals surface area contributed by atoms with E-state index in [0.29, 0.717) is 29.1 Å². The van der Waals surface area contributed by atoms with Gasteiger partial charge >= 0.3 is 0 Å². The minimum Gasteiger partial charge on any atom is -0.494 e. The number of halogens is 3. The van der Waals surface area contributed by atoms with Gasteiger partial charge in [0.1, 0.15) is 10.6 Å². The van der Waals surface area contributed by atoms with Gasteiger partial charge in [-0.3, -0.25) is 14.8 Å². The molecule has 5 rings (SSSR count). The molecule has 1 saturated carbocycles. The quantitative estimate of drug-likeness (QED) is 0.226. The van der Waals surface area contributed by atoms with Gasteiger partial charge in [0.25, 0.3) is 5.91 Å². The molecule has 1 N–H and O–H groups in total. The number of fused-ring (bicyclic) bond motifs is 1. The molecule has 6 nitrogen and oxygen atoms in total. The second kappa shape index (κ2) is 14.3. The van der Waals surface area contributed by atoms with Gasteiger partial charge in [-0.1, -0.05) is 29.8 Å². The van der Waals surface area contributed by atoms with Crippen molar-refractivity contribution in [1.29, 1.82) is 0 Å². The number of nitrogens with one attached hydrogen (secondary N) is 1. The van der Waals surface area contributed by atoms with Gasteiger partial charge in [0.15, 0.2) is 0 Å². The van der Waals surface area contributed by atoms with Crippen LogP contribution in [0.5, 0.6) is 5.75 Å². The van der Waals surface area contributed by atoms with Crippen molar-refractivity contribution in [2.24, 2.45) is 0 Å². The number of benzene rings is 2. The van der Waals surface area contributed by atoms with Gasteiger partial charge in [-0.2, -0.15) is 0 Å². The Kier molecular flexibility index (Phi) is 11.4. The molecule has 1 aliphatic rings. The normalized spacial score (nSPS) is 16.7. The molecule has 0 bridgehead atoms. The second-order valence-electron chi connectivity index (χ2n) is 9.31. The van der Waals surface area contributed by atoms with E-state index in [1.807, 2.05) is 55.3 Å². The summed E-state index contributed by atoms with van der Waals surface area (Å²) in [6.07, 6.45) is 9.03. The third-order valence-electron chi connectivity index (χ3n) is 7.10. The minimum absolute atomic E-state index is 0. The first kappa shape index (κ1) is 31.1. The second-order valence-corrected chi connectivity index (χ2v) is 10.7. The predicted molar refractivity (Wildman–Crippen MR) is 165 cm³/mol. The van der Waals surface area contributed by atoms with Crippen molar-refractivity contribution in [2.75, 3.05) is 13.7 Å². The molecule has 2 aromatic carbocycles. The van der Waals surface area contributed by atoms with Crippen LogP contribution < -0.4 is 10.1 Å². The first-order chi connectivity index (χ1) is 18.1. The lowest BCUT2D eigenvalue weighted by Gasteiger charge is -2.37. The zero-order valence-electron chi connectivity index (χ0n) is 21.9. The highest BCUT2D eigenvalue weighted by Crippen LogP contribution is 2.38. The van der Waals surface area contributed by atoms with Crippen LogP contribution in [0.4, 0.5) is 0 Å². The maximum absolute atomic E-state index is 14.2. The summed E-state index contributed by atoms with van der Waals surface area (Å²) in [4.78, 5) is 25.5. The fourth-order valence-electron chi connectivity index (χ4n) is 5.12. The van der Waals surface area contributed by atoms with Gasteiger partial charge in [0.2, 0.25) is 0 Å². The Morgan fingerprint density at radius 3 is 2.56 bits per heavy atom. The van der Waals surface area contributed by atoms with Crippen molar-refractivity contribution in [3.63, 3.8) is 0 Å². The fraction of sp³-hybridized carbons (Fsp3) is 0.345. The molecule has 1 aliphatic carbocycles. The molecule has 0 saturated heterocycles. The summed E-state index contributed by atoms with van der Waals surface area (Å²) in [5, 5.41) is 4.86. The zero-order valence-corrected chi connectivity index (χ0v) is 25.1. The Morgan fingerprint density at radius 1 is 1.13 bits per heavy atom. The lowest BCUT2D eigenvalue weighted by molar-refractivity contribution is 0.0604. The average molecular weight is 608 g/mol. The van der Waals surface area contributed by atoms with Gasteiger partial charge in [-0.05, 0) is 63.9 Å². The molecular formula is C29H33Cl3N4O2S. The summed E-state index contributed by atoms with van der Waals surface area (Å²) in [5.41, 5.74) is 2.68. The largest absolute Gasteiger partial charge is 0.494 e. The predicted octanol–water partition coefficient (Wildman–Crippen LogP) is 7.43. The minimum atomic E-state index is -0.0218. The number of aromatic nitrogens is 2. The smallest absolute Gasteiger partial charge is 0.266 e. The van der Waals surface area contributed by atoms with E-state index in [0.717, 1.165) is 58.3 Å². The van der Waals surface area contributed by atoms with E-state index in [9.17, 15) is 4.79 Å². The molecule has 0 atom stereocenters. The van der Waals surface area contributed by atoms with Crippen molar-refractivity contribution in [2.45, 2.75) is 51.2 Å². The highest BCUT2D eigenvalue weighted by atomic mass is 35.5. The molecule has 208 valence electrons. The van der Waals surface area contributed by atoms with Crippen molar-refractivity contribution in [1.82, 2.24) is 20.2 Å². The Morgan fingerprint density at radius 2 is 1.90 bits per heavy atom. The number of amides is 1. The molecule has 1 amide bonds. The van der Waals surface area contributed by atoms with Gasteiger partial charge in [0, 0.05) is 52.2 Å². The van der Waals surface area contributed by atoms with Crippen LogP contribution in [0.1, 0.15) is 47.8 Å². The van der Waals surface area contributed by atoms with Crippen molar-refractivity contribution in [3.05, 3.63) is 76.5 Å². The van der Waals surface area contributed by atoms with Crippen LogP contribution in [0.3, 0.4) is 0 Å². The Labute approximate surface area is 251 Å². The highest BCUT2D eigenvalue weighted by molar-refractivity contribution is 7.21. The third-order valence-corrected chi connectivity index (χ3v) is 8.76. The molecule has 10 heteroatoms. The number of carbonyl (C=O) groups is 1. The monoisotopic (exact) mass is 606 g/mol. The molecule has 0 aliphatic heterocycles. The average Bonchev–Trinajstić information content (AvgIpc) is 3.29. The van der Waals surface area contributed by atoms with Gasteiger partial charge in [-0.15, -0.1) is 36.2 Å². The maximum Gasteiger partial charge on any atom is 0.266 e. The summed E-state index contributed by atoms with van der Waals surface area (Å²) >= 11 is 8.25. The SMILES string of the molecule is CCOc1ccc(-c2cnccn2)cc1CN(C(=O)c1sc2ccccc2c1Cl)C1CCC(NC)CC1.Cl.Cl. The summed E-state index contributed by atoms with van der Waals surface area (Å²) in [5.74, 6) is 0.755. The lowest BCUT2D eigenvalue weighted by Crippen LogP contribution is -2.44. The number of ether oxygens (including phenoxy) is 1. The summed E-state index contributed by atoms with van der Waals surface area (Å²) in [6, 6.07) is 14.6. The summed E-state index contributed by atoms with van der Waals surface area (Å²) < 4.78 is 7.02. The van der Waals surface area contributed by atoms with Gasteiger partial charge < -0.3 is 15.0 Å². The van der Waals surface area contributed by atoms with Crippen LogP contribution in [0.25, 0.3) is 21.3 Å². The van der Waals surface area contributed by atoms with E-state index < -0.39 is 0 Å². The highest BCUT2D eigenvalue weighted by Gasteiger charge is 2.32. The number of hydrogen-bond acceptors (Lipinski definition) is 6. The molecule has 0 radical (unpaired) electrons. The number of carbonyl (C=O) groups excluding carboxylic acids is 1. The van der Waals surface area contributed by atoms with E-state index in [4.69, 9.17) is 16.3 Å². The van der Waals surface area contributed by atoms with Crippen LogP contribution in [-0.4, -0.2) is 46.5 Å². The van der Waals surface area contributed by atoms with Crippen molar-refractivity contribution >= 4 is 63.7 Å². The molecule has 4 aromatic rings. The van der Waals surface area contributed by atoms with E-state index in [2.05, 4.69) is 21.4 Å². The van der Waals surface area contributed by atoms with Gasteiger partial charge in [0.05, 0.1) is 23.5 Å². The summed E-state index contributed by atoms with van der Waals surface area (Å²) in [7, 11) is 2.01. The molecule has 2 heterocycles. The van der Waals surface area contributed by atoms with Crippen molar-refractivity contribution < 1.29 is 9.53 Å². The Bertz CT molecular complexity index is 1380. The summed E-state index contributed by atoms with van der Waals surface area (Å²) in [6.45, 7) is 2.95.